The van der Waals surface area contributed by atoms with Crippen LogP contribution in [0.4, 0.5) is 0 Å². The Kier molecular flexibility index (Phi) is 8.40. The molecule has 0 aromatic rings. The largest absolute Gasteiger partial charge is 0.329 e. The molecule has 12 heteroatoms. The maximum atomic E-state index is 6.53. The third-order valence-corrected chi connectivity index (χ3v) is 17.6. The molecule has 4 aliphatic carbocycles. The summed E-state index contributed by atoms with van der Waals surface area (Å²) in [5, 5.41) is 33.8. The van der Waals surface area contributed by atoms with E-state index in [2.05, 4.69) is 42.5 Å². The highest BCUT2D eigenvalue weighted by atomic mass is 28.1. The first-order valence-corrected chi connectivity index (χ1v) is 21.4. The van der Waals surface area contributed by atoms with Crippen molar-refractivity contribution in [2.45, 2.75) is 157 Å². The van der Waals surface area contributed by atoms with Gasteiger partial charge < -0.3 is 14.2 Å². The number of ether oxygens (including phenoxy) is 3. The molecule has 18 unspecified atom stereocenters. The summed E-state index contributed by atoms with van der Waals surface area (Å²) < 4.78 is 18.5. The van der Waals surface area contributed by atoms with Gasteiger partial charge in [0.05, 0.1) is 59.6 Å². The van der Waals surface area contributed by atoms with Crippen LogP contribution in [0.25, 0.3) is 0 Å². The minimum Gasteiger partial charge on any atom is -0.329 e. The van der Waals surface area contributed by atoms with E-state index in [1.807, 2.05) is 0 Å². The number of methoxy groups -OCH3 is 2. The number of epoxide rings is 1. The second-order valence-electron chi connectivity index (χ2n) is 17.9. The molecule has 6 saturated heterocycles. The molecule has 4 saturated carbocycles. The molecular weight excluding hydrogens is 621 g/mol. The van der Waals surface area contributed by atoms with Crippen LogP contribution in [0, 0.1) is 53.3 Å². The van der Waals surface area contributed by atoms with Gasteiger partial charge in [0.2, 0.25) is 0 Å². The van der Waals surface area contributed by atoms with Crippen molar-refractivity contribution in [1.82, 2.24) is 42.5 Å². The molecule has 270 valence electrons. The molecule has 10 aliphatic rings. The highest BCUT2D eigenvalue weighted by Gasteiger charge is 2.75. The van der Waals surface area contributed by atoms with Gasteiger partial charge in [0.15, 0.2) is 0 Å². The zero-order valence-corrected chi connectivity index (χ0v) is 31.6. The lowest BCUT2D eigenvalue weighted by Gasteiger charge is -2.41. The highest BCUT2D eigenvalue weighted by Crippen LogP contribution is 2.59. The van der Waals surface area contributed by atoms with E-state index < -0.39 is 5.97 Å². The van der Waals surface area contributed by atoms with Crippen LogP contribution < -0.4 is 42.5 Å². The van der Waals surface area contributed by atoms with Crippen LogP contribution >= 0.6 is 0 Å². The van der Waals surface area contributed by atoms with Crippen LogP contribution in [-0.2, 0) is 14.2 Å². The lowest BCUT2D eigenvalue weighted by atomic mass is 9.69. The Morgan fingerprint density at radius 2 is 0.750 bits per heavy atom. The van der Waals surface area contributed by atoms with E-state index in [0.717, 1.165) is 10.2 Å². The molecule has 48 heavy (non-hydrogen) atoms. The molecule has 0 radical (unpaired) electrons. The van der Waals surface area contributed by atoms with Crippen LogP contribution in [0.2, 0.25) is 0 Å². The molecule has 0 aromatic heterocycles. The summed E-state index contributed by atoms with van der Waals surface area (Å²) in [7, 11) is 4.40. The zero-order chi connectivity index (χ0) is 32.2. The van der Waals surface area contributed by atoms with Gasteiger partial charge in [-0.3, -0.25) is 42.5 Å². The Bertz CT molecular complexity index is 1200. The van der Waals surface area contributed by atoms with Crippen molar-refractivity contribution >= 4 is 10.2 Å². The summed E-state index contributed by atoms with van der Waals surface area (Å²) in [4.78, 5) is 0. The number of nitrogens with one attached hydrogen (secondary N) is 8. The van der Waals surface area contributed by atoms with Crippen molar-refractivity contribution in [3.05, 3.63) is 0 Å². The SMILES string of the molecule is COC1(OC)OC1([SiH3])C1CCCC2C3NC4NC(NC5NC(NC6NC(NC(N3)C21)C1CCCCC61)C1CCCCC51)C1CCCCC41. The number of hydrogen-bond donors (Lipinski definition) is 8. The second kappa shape index (κ2) is 12.4. The molecular formula is C36H64N8O3Si. The van der Waals surface area contributed by atoms with Crippen LogP contribution in [0.15, 0.2) is 0 Å². The molecule has 6 aliphatic heterocycles. The smallest absolute Gasteiger partial charge is 0.309 e. The Balaban J connectivity index is 1.01. The lowest BCUT2D eigenvalue weighted by Crippen LogP contribution is -2.62. The molecule has 0 spiro atoms. The van der Waals surface area contributed by atoms with Crippen molar-refractivity contribution in [1.29, 1.82) is 0 Å². The lowest BCUT2D eigenvalue weighted by molar-refractivity contribution is -0.198. The van der Waals surface area contributed by atoms with Gasteiger partial charge in [-0.15, -0.1) is 0 Å². The fraction of sp³-hybridized carbons (Fsp3) is 1.00. The summed E-state index contributed by atoms with van der Waals surface area (Å²) in [6.45, 7) is 0. The summed E-state index contributed by atoms with van der Waals surface area (Å²) in [5.74, 6) is 4.59. The van der Waals surface area contributed by atoms with E-state index >= 15 is 0 Å². The van der Waals surface area contributed by atoms with Gasteiger partial charge in [-0.2, -0.15) is 0 Å². The molecule has 10 fully saturated rings. The van der Waals surface area contributed by atoms with Crippen molar-refractivity contribution < 1.29 is 14.2 Å². The zero-order valence-electron chi connectivity index (χ0n) is 29.6. The van der Waals surface area contributed by atoms with Crippen LogP contribution in [0.3, 0.4) is 0 Å². The average molecular weight is 685 g/mol. The van der Waals surface area contributed by atoms with Gasteiger partial charge in [0, 0.05) is 14.2 Å². The molecule has 8 bridgehead atoms. The first-order valence-electron chi connectivity index (χ1n) is 20.4. The first kappa shape index (κ1) is 32.4. The van der Waals surface area contributed by atoms with Crippen LogP contribution in [0.1, 0.15) is 96.3 Å². The van der Waals surface area contributed by atoms with Gasteiger partial charge in [-0.05, 0) is 105 Å². The fourth-order valence-electron chi connectivity index (χ4n) is 13.8. The Labute approximate surface area is 290 Å². The summed E-state index contributed by atoms with van der Waals surface area (Å²) >= 11 is 0. The summed E-state index contributed by atoms with van der Waals surface area (Å²) in [5.41, 5.74) is 0. The average Bonchev–Trinajstić information content (AvgIpc) is 3.51. The minimum atomic E-state index is -0.878. The second-order valence-corrected chi connectivity index (χ2v) is 19.4. The monoisotopic (exact) mass is 684 g/mol. The van der Waals surface area contributed by atoms with Crippen molar-refractivity contribution in [3.63, 3.8) is 0 Å². The number of hydrogen-bond acceptors (Lipinski definition) is 11. The maximum Gasteiger partial charge on any atom is 0.309 e. The summed E-state index contributed by atoms with van der Waals surface area (Å²) in [6, 6.07) is 0. The maximum absolute atomic E-state index is 6.53. The van der Waals surface area contributed by atoms with E-state index in [9.17, 15) is 0 Å². The Hall–Kier alpha value is -0.223. The first-order chi connectivity index (χ1) is 23.5. The standard InChI is InChI=1S/C36H64N8O3Si/c1-45-36(46-2)35(48,47-36)25-17-9-16-24-26(25)34-43-32-23-15-8-7-14-22(23)30(41-32)39-28-19-11-4-3-10-18(19)27(37-28)38-29-20-12-5-6-13-21(20)31(40-29)42-33(24)44-34/h18-34,37-44H,3-17H2,1-2,48H3. The van der Waals surface area contributed by atoms with Gasteiger partial charge >= 0.3 is 5.97 Å². The van der Waals surface area contributed by atoms with Gasteiger partial charge in [-0.25, -0.2) is 0 Å². The van der Waals surface area contributed by atoms with E-state index in [1.165, 1.54) is 96.3 Å². The molecule has 18 atom stereocenters. The van der Waals surface area contributed by atoms with Crippen molar-refractivity contribution in [2.24, 2.45) is 53.3 Å². The Morgan fingerprint density at radius 3 is 1.08 bits per heavy atom. The van der Waals surface area contributed by atoms with Gasteiger partial charge in [-0.1, -0.05) is 44.9 Å². The van der Waals surface area contributed by atoms with Gasteiger partial charge in [0.1, 0.15) is 5.22 Å². The van der Waals surface area contributed by atoms with Crippen LogP contribution in [-0.4, -0.2) is 85.0 Å². The fourth-order valence-corrected chi connectivity index (χ4v) is 15.2. The number of fused-ring (bicyclic) bond motifs is 20. The predicted octanol–water partition coefficient (Wildman–Crippen LogP) is 0.870. The van der Waals surface area contributed by atoms with Crippen LogP contribution in [0.5, 0.6) is 0 Å². The van der Waals surface area contributed by atoms with E-state index in [0.29, 0.717) is 90.3 Å². The topological polar surface area (TPSA) is 127 Å². The molecule has 0 amide bonds. The third-order valence-electron chi connectivity index (χ3n) is 16.0. The van der Waals surface area contributed by atoms with E-state index in [-0.39, 0.29) is 17.6 Å². The molecule has 10 rings (SSSR count). The Morgan fingerprint density at radius 1 is 0.438 bits per heavy atom. The minimum absolute atomic E-state index is 0.208. The number of rotatable bonds is 3. The van der Waals surface area contributed by atoms with Crippen molar-refractivity contribution in [2.75, 3.05) is 14.2 Å². The van der Waals surface area contributed by atoms with E-state index in [1.54, 1.807) is 14.2 Å². The molecule has 6 heterocycles. The highest BCUT2D eigenvalue weighted by molar-refractivity contribution is 6.17. The molecule has 0 aromatic carbocycles. The quantitative estimate of drug-likeness (QED) is 0.123. The third kappa shape index (κ3) is 4.98. The normalized spacial score (nSPS) is 57.0. The predicted molar refractivity (Wildman–Crippen MR) is 187 cm³/mol. The van der Waals surface area contributed by atoms with Crippen molar-refractivity contribution in [3.8, 4) is 0 Å². The summed E-state index contributed by atoms with van der Waals surface area (Å²) in [6.07, 6.45) is 22.4. The molecule has 8 N–H and O–H groups in total. The molecule has 11 nitrogen and oxygen atoms in total. The van der Waals surface area contributed by atoms with Gasteiger partial charge in [0.25, 0.3) is 0 Å². The van der Waals surface area contributed by atoms with E-state index in [4.69, 9.17) is 14.2 Å².